The maximum absolute atomic E-state index is 11.4. The maximum Gasteiger partial charge on any atom is 0.231 e. The molecule has 1 aromatic heterocycles. The van der Waals surface area contributed by atoms with Crippen LogP contribution in [0.3, 0.4) is 0 Å². The van der Waals surface area contributed by atoms with Gasteiger partial charge in [0, 0.05) is 18.5 Å². The lowest BCUT2D eigenvalue weighted by atomic mass is 10.3. The molecule has 0 amide bonds. The van der Waals surface area contributed by atoms with Crippen LogP contribution in [0.1, 0.15) is 12.8 Å². The highest BCUT2D eigenvalue weighted by atomic mass is 35.5. The van der Waals surface area contributed by atoms with Gasteiger partial charge in [-0.15, -0.1) is 0 Å². The zero-order valence-electron chi connectivity index (χ0n) is 10.7. The Morgan fingerprint density at radius 1 is 1.25 bits per heavy atom. The molecule has 20 heavy (non-hydrogen) atoms. The van der Waals surface area contributed by atoms with Crippen LogP contribution in [0.4, 0.5) is 11.9 Å². The quantitative estimate of drug-likeness (QED) is 0.884. The number of halogens is 1. The van der Waals surface area contributed by atoms with Crippen molar-refractivity contribution in [2.24, 2.45) is 0 Å². The Labute approximate surface area is 122 Å². The third-order valence-corrected chi connectivity index (χ3v) is 4.79. The van der Waals surface area contributed by atoms with Gasteiger partial charge in [0.2, 0.25) is 17.2 Å². The number of hydrogen-bond acceptors (Lipinski definition) is 7. The van der Waals surface area contributed by atoms with Crippen molar-refractivity contribution in [1.82, 2.24) is 15.0 Å². The number of nitrogens with one attached hydrogen (secondary N) is 1. The number of hydrogen-bond donors (Lipinski definition) is 1. The van der Waals surface area contributed by atoms with Gasteiger partial charge in [0.25, 0.3) is 0 Å². The second-order valence-corrected chi connectivity index (χ2v) is 7.10. The standard InChI is InChI=1S/C11H14ClN5O2S/c12-9-14-10(13-8-3-6-20(18,19)7-8)16-11(15-9)17-4-1-2-5-17/h3,6,8H,1-2,4-5,7H2,(H,13,14,15,16). The highest BCUT2D eigenvalue weighted by Gasteiger charge is 2.23. The molecule has 0 aromatic carbocycles. The zero-order chi connectivity index (χ0) is 14.2. The van der Waals surface area contributed by atoms with Crippen LogP contribution in [0, 0.1) is 0 Å². The van der Waals surface area contributed by atoms with Crippen LogP contribution >= 0.6 is 11.6 Å². The van der Waals surface area contributed by atoms with Gasteiger partial charge >= 0.3 is 0 Å². The molecule has 3 heterocycles. The number of rotatable bonds is 3. The van der Waals surface area contributed by atoms with E-state index in [1.165, 1.54) is 5.41 Å². The van der Waals surface area contributed by atoms with E-state index in [4.69, 9.17) is 11.6 Å². The summed E-state index contributed by atoms with van der Waals surface area (Å²) in [5.41, 5.74) is 0. The molecule has 2 aliphatic rings. The summed E-state index contributed by atoms with van der Waals surface area (Å²) < 4.78 is 22.7. The van der Waals surface area contributed by atoms with Gasteiger partial charge in [-0.1, -0.05) is 0 Å². The Morgan fingerprint density at radius 2 is 2.00 bits per heavy atom. The second-order valence-electron chi connectivity index (χ2n) is 4.83. The normalized spacial score (nSPS) is 24.2. The lowest BCUT2D eigenvalue weighted by Gasteiger charge is -2.16. The topological polar surface area (TPSA) is 88.1 Å². The van der Waals surface area contributed by atoms with Gasteiger partial charge in [-0.2, -0.15) is 15.0 Å². The van der Waals surface area contributed by atoms with Gasteiger partial charge in [-0.3, -0.25) is 0 Å². The minimum Gasteiger partial charge on any atom is -0.347 e. The minimum atomic E-state index is -3.11. The molecule has 2 aliphatic heterocycles. The van der Waals surface area contributed by atoms with Gasteiger partial charge < -0.3 is 10.2 Å². The van der Waals surface area contributed by atoms with E-state index in [1.54, 1.807) is 6.08 Å². The average Bonchev–Trinajstić information content (AvgIpc) is 2.98. The maximum atomic E-state index is 11.4. The molecule has 1 aromatic rings. The van der Waals surface area contributed by atoms with E-state index in [1.807, 2.05) is 4.90 Å². The molecule has 108 valence electrons. The lowest BCUT2D eigenvalue weighted by Crippen LogP contribution is -2.25. The van der Waals surface area contributed by atoms with Crippen molar-refractivity contribution < 1.29 is 8.42 Å². The molecular weight excluding hydrogens is 302 g/mol. The summed E-state index contributed by atoms with van der Waals surface area (Å²) in [4.78, 5) is 14.5. The molecule has 1 atom stereocenters. The van der Waals surface area contributed by atoms with Gasteiger partial charge in [-0.05, 0) is 30.5 Å². The Kier molecular flexibility index (Phi) is 3.51. The Morgan fingerprint density at radius 3 is 2.65 bits per heavy atom. The molecule has 0 bridgehead atoms. The van der Waals surface area contributed by atoms with Crippen LogP contribution in [0.5, 0.6) is 0 Å². The Bertz CT molecular complexity index is 642. The van der Waals surface area contributed by atoms with E-state index in [2.05, 4.69) is 20.3 Å². The Hall–Kier alpha value is -1.41. The largest absolute Gasteiger partial charge is 0.347 e. The summed E-state index contributed by atoms with van der Waals surface area (Å²) >= 11 is 5.90. The van der Waals surface area contributed by atoms with Crippen molar-refractivity contribution in [1.29, 1.82) is 0 Å². The summed E-state index contributed by atoms with van der Waals surface area (Å²) in [5, 5.41) is 4.27. The third kappa shape index (κ3) is 3.01. The lowest BCUT2D eigenvalue weighted by molar-refractivity contribution is 0.605. The fourth-order valence-electron chi connectivity index (χ4n) is 2.29. The summed E-state index contributed by atoms with van der Waals surface area (Å²) in [5.74, 6) is 0.850. The van der Waals surface area contributed by atoms with Crippen LogP contribution in [-0.4, -0.2) is 48.3 Å². The average molecular weight is 316 g/mol. The van der Waals surface area contributed by atoms with Gasteiger partial charge in [-0.25, -0.2) is 8.42 Å². The molecule has 7 nitrogen and oxygen atoms in total. The first-order valence-corrected chi connectivity index (χ1v) is 8.45. The highest BCUT2D eigenvalue weighted by molar-refractivity contribution is 7.94. The molecule has 9 heteroatoms. The van der Waals surface area contributed by atoms with Gasteiger partial charge in [0.15, 0.2) is 9.84 Å². The first kappa shape index (κ1) is 13.6. The number of sulfone groups is 1. The fraction of sp³-hybridized carbons (Fsp3) is 0.545. The first-order valence-electron chi connectivity index (χ1n) is 6.36. The molecule has 1 saturated heterocycles. The molecule has 0 spiro atoms. The number of anilines is 2. The van der Waals surface area contributed by atoms with Crippen LogP contribution in [0.2, 0.25) is 5.28 Å². The zero-order valence-corrected chi connectivity index (χ0v) is 12.2. The third-order valence-electron chi connectivity index (χ3n) is 3.23. The molecule has 0 aliphatic carbocycles. The SMILES string of the molecule is O=S1(=O)C=CC(Nc2nc(Cl)nc(N3CCCC3)n2)C1. The number of nitrogens with zero attached hydrogens (tertiary/aromatic N) is 4. The Balaban J connectivity index is 1.78. The first-order chi connectivity index (χ1) is 9.52. The van der Waals surface area contributed by atoms with Gasteiger partial charge in [0.1, 0.15) is 0 Å². The monoisotopic (exact) mass is 315 g/mol. The predicted molar refractivity (Wildman–Crippen MR) is 76.6 cm³/mol. The van der Waals surface area contributed by atoms with Gasteiger partial charge in [0.05, 0.1) is 11.8 Å². The minimum absolute atomic E-state index is 0.00928. The fourth-order valence-corrected chi connectivity index (χ4v) is 3.69. The van der Waals surface area contributed by atoms with Crippen LogP contribution in [-0.2, 0) is 9.84 Å². The summed E-state index contributed by atoms with van der Waals surface area (Å²) in [6, 6.07) is -0.329. The predicted octanol–water partition coefficient (Wildman–Crippen LogP) is 0.848. The van der Waals surface area contributed by atoms with Crippen molar-refractivity contribution in [2.75, 3.05) is 29.1 Å². The smallest absolute Gasteiger partial charge is 0.231 e. The van der Waals surface area contributed by atoms with E-state index in [9.17, 15) is 8.42 Å². The summed E-state index contributed by atoms with van der Waals surface area (Å²) in [7, 11) is -3.11. The molecule has 0 radical (unpaired) electrons. The van der Waals surface area contributed by atoms with Crippen molar-refractivity contribution in [3.05, 3.63) is 16.8 Å². The molecule has 0 saturated carbocycles. The molecule has 1 unspecified atom stereocenters. The van der Waals surface area contributed by atoms with Crippen molar-refractivity contribution in [3.8, 4) is 0 Å². The van der Waals surface area contributed by atoms with E-state index < -0.39 is 9.84 Å². The number of aromatic nitrogens is 3. The second kappa shape index (κ2) is 5.17. The summed E-state index contributed by atoms with van der Waals surface area (Å²) in [6.07, 6.45) is 3.80. The molecule has 1 fully saturated rings. The van der Waals surface area contributed by atoms with Crippen molar-refractivity contribution in [2.45, 2.75) is 18.9 Å². The highest BCUT2D eigenvalue weighted by Crippen LogP contribution is 2.20. The molecule has 3 rings (SSSR count). The van der Waals surface area contributed by atoms with E-state index >= 15 is 0 Å². The summed E-state index contributed by atoms with van der Waals surface area (Å²) in [6.45, 7) is 1.80. The van der Waals surface area contributed by atoms with Crippen molar-refractivity contribution in [3.63, 3.8) is 0 Å². The molecular formula is C11H14ClN5O2S. The molecule has 1 N–H and O–H groups in total. The van der Waals surface area contributed by atoms with E-state index in [0.29, 0.717) is 11.9 Å². The van der Waals surface area contributed by atoms with Crippen LogP contribution in [0.15, 0.2) is 11.5 Å². The van der Waals surface area contributed by atoms with E-state index in [-0.39, 0.29) is 17.1 Å². The van der Waals surface area contributed by atoms with Crippen molar-refractivity contribution >= 4 is 33.3 Å². The van der Waals surface area contributed by atoms with Crippen LogP contribution in [0.25, 0.3) is 0 Å². The van der Waals surface area contributed by atoms with Crippen LogP contribution < -0.4 is 10.2 Å². The van der Waals surface area contributed by atoms with E-state index in [0.717, 1.165) is 25.9 Å².